The smallest absolute Gasteiger partial charge is 0.139 e. The van der Waals surface area contributed by atoms with E-state index in [4.69, 9.17) is 0 Å². The second-order valence-electron chi connectivity index (χ2n) is 4.46. The van der Waals surface area contributed by atoms with Crippen LogP contribution < -0.4 is 5.43 Å². The summed E-state index contributed by atoms with van der Waals surface area (Å²) in [5, 5.41) is 5.13. The largest absolute Gasteiger partial charge is 0.313 e. The van der Waals surface area contributed by atoms with Crippen LogP contribution in [0.3, 0.4) is 0 Å². The molecule has 1 rings (SSSR count). The number of nitrogens with one attached hydrogen (secondary N) is 1. The summed E-state index contributed by atoms with van der Waals surface area (Å²) in [5.74, 6) is 0. The van der Waals surface area contributed by atoms with Gasteiger partial charge >= 0.3 is 0 Å². The van der Waals surface area contributed by atoms with Crippen LogP contribution in [0.1, 0.15) is 16.8 Å². The SMILES string of the molecule is C=P(C)(C)CCc1cnc(/C(C)=N/NC)s1. The third-order valence-electron chi connectivity index (χ3n) is 2.11. The monoisotopic (exact) mass is 257 g/mol. The van der Waals surface area contributed by atoms with E-state index in [2.05, 4.69) is 35.1 Å². The summed E-state index contributed by atoms with van der Waals surface area (Å²) in [5.41, 5.74) is 3.73. The lowest BCUT2D eigenvalue weighted by molar-refractivity contribution is 0.899. The summed E-state index contributed by atoms with van der Waals surface area (Å²) in [6.45, 7) is 5.58. The van der Waals surface area contributed by atoms with E-state index in [1.807, 2.05) is 13.1 Å². The second kappa shape index (κ2) is 5.65. The van der Waals surface area contributed by atoms with Crippen LogP contribution in [0, 0.1) is 0 Å². The van der Waals surface area contributed by atoms with Gasteiger partial charge in [-0.2, -0.15) is 5.10 Å². The molecule has 0 aliphatic rings. The Morgan fingerprint density at radius 1 is 1.62 bits per heavy atom. The maximum Gasteiger partial charge on any atom is 0.139 e. The summed E-state index contributed by atoms with van der Waals surface area (Å²) >= 11 is 1.73. The van der Waals surface area contributed by atoms with E-state index in [0.29, 0.717) is 0 Å². The predicted octanol–water partition coefficient (Wildman–Crippen LogP) is 2.34. The quantitative estimate of drug-likeness (QED) is 0.499. The number of hydrogen-bond donors (Lipinski definition) is 1. The summed E-state index contributed by atoms with van der Waals surface area (Å²) in [6, 6.07) is 0. The van der Waals surface area contributed by atoms with E-state index in [0.717, 1.165) is 17.1 Å². The van der Waals surface area contributed by atoms with Gasteiger partial charge in [-0.15, -0.1) is 24.5 Å². The van der Waals surface area contributed by atoms with Crippen LogP contribution in [-0.4, -0.2) is 43.5 Å². The maximum atomic E-state index is 4.38. The van der Waals surface area contributed by atoms with E-state index in [-0.39, 0.29) is 0 Å². The number of hydrazone groups is 1. The Balaban J connectivity index is 2.65. The van der Waals surface area contributed by atoms with Crippen molar-refractivity contribution >= 4 is 30.2 Å². The number of aromatic nitrogens is 1. The highest BCUT2D eigenvalue weighted by atomic mass is 32.1. The average Bonchev–Trinajstić information content (AvgIpc) is 2.62. The topological polar surface area (TPSA) is 37.3 Å². The Morgan fingerprint density at radius 3 is 2.88 bits per heavy atom. The molecule has 1 aromatic rings. The van der Waals surface area contributed by atoms with Crippen LogP contribution >= 0.6 is 18.2 Å². The summed E-state index contributed by atoms with van der Waals surface area (Å²) in [6.07, 6.45) is 8.46. The highest BCUT2D eigenvalue weighted by Crippen LogP contribution is 2.36. The lowest BCUT2D eigenvalue weighted by Crippen LogP contribution is -2.02. The number of thiazole rings is 1. The molecule has 1 heterocycles. The number of hydrogen-bond acceptors (Lipinski definition) is 4. The van der Waals surface area contributed by atoms with Gasteiger partial charge in [-0.3, -0.25) is 0 Å². The van der Waals surface area contributed by atoms with E-state index in [1.54, 1.807) is 18.4 Å². The molecule has 90 valence electrons. The Morgan fingerprint density at radius 2 is 2.31 bits per heavy atom. The van der Waals surface area contributed by atoms with Crippen LogP contribution in [0.5, 0.6) is 0 Å². The summed E-state index contributed by atoms with van der Waals surface area (Å²) in [4.78, 5) is 5.71. The van der Waals surface area contributed by atoms with Crippen molar-refractivity contribution in [3.8, 4) is 0 Å². The molecular weight excluding hydrogens is 237 g/mol. The van der Waals surface area contributed by atoms with Crippen molar-refractivity contribution in [3.63, 3.8) is 0 Å². The average molecular weight is 257 g/mol. The van der Waals surface area contributed by atoms with Gasteiger partial charge in [0.25, 0.3) is 0 Å². The molecule has 0 radical (unpaired) electrons. The Labute approximate surface area is 102 Å². The zero-order valence-corrected chi connectivity index (χ0v) is 12.2. The molecule has 1 aromatic heterocycles. The van der Waals surface area contributed by atoms with Crippen LogP contribution in [0.15, 0.2) is 11.3 Å². The Hall–Kier alpha value is -0.600. The number of aryl methyl sites for hydroxylation is 1. The fraction of sp³-hybridized carbons (Fsp3) is 0.545. The van der Waals surface area contributed by atoms with Crippen molar-refractivity contribution < 1.29 is 0 Å². The molecule has 0 saturated heterocycles. The predicted molar refractivity (Wildman–Crippen MR) is 77.8 cm³/mol. The van der Waals surface area contributed by atoms with Crippen LogP contribution in [0.4, 0.5) is 0 Å². The molecule has 1 N–H and O–H groups in total. The highest BCUT2D eigenvalue weighted by molar-refractivity contribution is 7.72. The number of rotatable bonds is 5. The summed E-state index contributed by atoms with van der Waals surface area (Å²) < 4.78 is 0. The molecule has 0 aromatic carbocycles. The fourth-order valence-electron chi connectivity index (χ4n) is 1.22. The molecule has 5 heteroatoms. The fourth-order valence-corrected chi connectivity index (χ4v) is 3.07. The normalized spacial score (nSPS) is 12.9. The zero-order chi connectivity index (χ0) is 12.2. The first-order valence-corrected chi connectivity index (χ1v) is 9.13. The van der Waals surface area contributed by atoms with Crippen LogP contribution in [0.25, 0.3) is 0 Å². The van der Waals surface area contributed by atoms with Crippen LogP contribution in [-0.2, 0) is 6.42 Å². The molecule has 0 aliphatic carbocycles. The molecule has 0 amide bonds. The summed E-state index contributed by atoms with van der Waals surface area (Å²) in [7, 11) is 1.80. The first kappa shape index (κ1) is 13.5. The van der Waals surface area contributed by atoms with E-state index < -0.39 is 6.89 Å². The standard InChI is InChI=1S/C11H20N3PS/c1-9(14-12-2)11-13-8-10(16-11)6-7-15(3,4)5/h8,12H,3,6-7H2,1-2,4-5H3/b14-9+. The van der Waals surface area contributed by atoms with Gasteiger partial charge in [-0.05, 0) is 32.8 Å². The second-order valence-corrected chi connectivity index (χ2v) is 9.90. The van der Waals surface area contributed by atoms with Crippen molar-refractivity contribution in [1.82, 2.24) is 10.4 Å². The minimum Gasteiger partial charge on any atom is -0.313 e. The van der Waals surface area contributed by atoms with E-state index >= 15 is 0 Å². The van der Waals surface area contributed by atoms with Crippen molar-refractivity contribution in [3.05, 3.63) is 16.1 Å². The third-order valence-corrected chi connectivity index (χ3v) is 4.71. The van der Waals surface area contributed by atoms with Gasteiger partial charge in [0, 0.05) is 18.1 Å². The van der Waals surface area contributed by atoms with Gasteiger partial charge in [0.2, 0.25) is 0 Å². The molecule has 0 fully saturated rings. The van der Waals surface area contributed by atoms with Gasteiger partial charge in [0.05, 0.1) is 5.71 Å². The van der Waals surface area contributed by atoms with Crippen molar-refractivity contribution in [1.29, 1.82) is 0 Å². The molecule has 0 saturated carbocycles. The molecule has 16 heavy (non-hydrogen) atoms. The highest BCUT2D eigenvalue weighted by Gasteiger charge is 2.07. The number of nitrogens with zero attached hydrogens (tertiary/aromatic N) is 2. The van der Waals surface area contributed by atoms with Gasteiger partial charge in [-0.1, -0.05) is 0 Å². The lowest BCUT2D eigenvalue weighted by atomic mass is 10.4. The molecular formula is C11H20N3PS. The minimum absolute atomic E-state index is 0.922. The Kier molecular flexibility index (Phi) is 4.75. The Bertz CT molecular complexity index is 417. The van der Waals surface area contributed by atoms with Gasteiger partial charge in [-0.25, -0.2) is 4.98 Å². The van der Waals surface area contributed by atoms with Gasteiger partial charge in [0.1, 0.15) is 5.01 Å². The van der Waals surface area contributed by atoms with Gasteiger partial charge in [0.15, 0.2) is 0 Å². The van der Waals surface area contributed by atoms with Crippen LogP contribution in [0.2, 0.25) is 0 Å². The van der Waals surface area contributed by atoms with Crippen molar-refractivity contribution in [2.75, 3.05) is 26.5 Å². The maximum absolute atomic E-state index is 4.38. The molecule has 0 atom stereocenters. The van der Waals surface area contributed by atoms with E-state index in [9.17, 15) is 0 Å². The minimum atomic E-state index is -0.922. The van der Waals surface area contributed by atoms with Crippen molar-refractivity contribution in [2.45, 2.75) is 13.3 Å². The van der Waals surface area contributed by atoms with Gasteiger partial charge < -0.3 is 5.43 Å². The van der Waals surface area contributed by atoms with Crippen molar-refractivity contribution in [2.24, 2.45) is 5.10 Å². The third kappa shape index (κ3) is 4.50. The molecule has 0 unspecified atom stereocenters. The molecule has 3 nitrogen and oxygen atoms in total. The zero-order valence-electron chi connectivity index (χ0n) is 10.4. The molecule has 0 spiro atoms. The lowest BCUT2D eigenvalue weighted by Gasteiger charge is -2.10. The molecule has 0 bridgehead atoms. The molecule has 0 aliphatic heterocycles. The first-order valence-electron chi connectivity index (χ1n) is 5.26. The van der Waals surface area contributed by atoms with E-state index in [1.165, 1.54) is 11.0 Å². The first-order chi connectivity index (χ1) is 7.42.